The number of anilines is 1. The van der Waals surface area contributed by atoms with Crippen LogP contribution in [0.4, 0.5) is 10.2 Å². The first kappa shape index (κ1) is 28.3. The van der Waals surface area contributed by atoms with Crippen molar-refractivity contribution in [2.45, 2.75) is 57.5 Å². The van der Waals surface area contributed by atoms with E-state index >= 15 is 0 Å². The van der Waals surface area contributed by atoms with E-state index in [1.807, 2.05) is 25.8 Å². The molecule has 8 nitrogen and oxygen atoms in total. The average molecular weight is 529 g/mol. The van der Waals surface area contributed by atoms with Crippen LogP contribution in [-0.4, -0.2) is 85.5 Å². The number of hydrogen-bond donors (Lipinski definition) is 2. The van der Waals surface area contributed by atoms with E-state index in [0.717, 1.165) is 55.8 Å². The molecule has 38 heavy (non-hydrogen) atoms. The van der Waals surface area contributed by atoms with Crippen molar-refractivity contribution in [1.29, 1.82) is 0 Å². The highest BCUT2D eigenvalue weighted by molar-refractivity contribution is 5.77. The first-order valence-electron chi connectivity index (χ1n) is 13.6. The lowest BCUT2D eigenvalue weighted by Crippen LogP contribution is -2.39. The highest BCUT2D eigenvalue weighted by Gasteiger charge is 2.37. The molecule has 0 unspecified atom stereocenters. The van der Waals surface area contributed by atoms with Gasteiger partial charge in [-0.3, -0.25) is 14.6 Å². The molecule has 1 aromatic carbocycles. The molecule has 1 saturated heterocycles. The van der Waals surface area contributed by atoms with Gasteiger partial charge in [-0.15, -0.1) is 0 Å². The number of carboxylic acids is 1. The first-order valence-corrected chi connectivity index (χ1v) is 13.6. The van der Waals surface area contributed by atoms with Gasteiger partial charge in [0.2, 0.25) is 0 Å². The Morgan fingerprint density at radius 2 is 2.13 bits per heavy atom. The fourth-order valence-corrected chi connectivity index (χ4v) is 5.41. The van der Waals surface area contributed by atoms with Crippen LogP contribution in [0.2, 0.25) is 0 Å². The number of carboxylic acid groups (broad SMARTS) is 1. The van der Waals surface area contributed by atoms with Crippen LogP contribution in [0.3, 0.4) is 0 Å². The summed E-state index contributed by atoms with van der Waals surface area (Å²) in [7, 11) is 3.43. The number of aryl methyl sites for hydroxylation is 1. The van der Waals surface area contributed by atoms with Crippen molar-refractivity contribution in [3.05, 3.63) is 52.5 Å². The number of likely N-dealkylation sites (N-methyl/N-ethyl adjacent to an activating group) is 1. The number of fused-ring (bicyclic) bond motifs is 1. The summed E-state index contributed by atoms with van der Waals surface area (Å²) < 4.78 is 26.0. The predicted octanol–water partition coefficient (Wildman–Crippen LogP) is 4.10. The number of carbonyl (C=O) groups is 1. The van der Waals surface area contributed by atoms with Crippen molar-refractivity contribution in [1.82, 2.24) is 14.8 Å². The minimum atomic E-state index is -0.999. The number of nitrogens with zero attached hydrogens (tertiary/aromatic N) is 3. The van der Waals surface area contributed by atoms with E-state index in [9.17, 15) is 14.3 Å². The molecule has 1 fully saturated rings. The van der Waals surface area contributed by atoms with Crippen LogP contribution in [-0.2, 0) is 22.4 Å². The maximum Gasteiger partial charge on any atom is 0.325 e. The third kappa shape index (κ3) is 6.62. The molecule has 2 aromatic rings. The van der Waals surface area contributed by atoms with Crippen LogP contribution >= 0.6 is 0 Å². The van der Waals surface area contributed by atoms with Crippen molar-refractivity contribution in [2.75, 3.05) is 58.9 Å². The summed E-state index contributed by atoms with van der Waals surface area (Å²) in [5.41, 5.74) is 3.46. The van der Waals surface area contributed by atoms with Gasteiger partial charge in [-0.1, -0.05) is 19.9 Å². The van der Waals surface area contributed by atoms with Crippen LogP contribution < -0.4 is 10.1 Å². The Kier molecular flexibility index (Phi) is 9.57. The topological polar surface area (TPSA) is 87.2 Å². The fraction of sp³-hybridized carbons (Fsp3) is 0.586. The molecule has 1 aromatic heterocycles. The summed E-state index contributed by atoms with van der Waals surface area (Å²) in [4.78, 5) is 21.3. The van der Waals surface area contributed by atoms with Crippen molar-refractivity contribution in [2.24, 2.45) is 0 Å². The Labute approximate surface area is 225 Å². The highest BCUT2D eigenvalue weighted by atomic mass is 19.1. The fourth-order valence-electron chi connectivity index (χ4n) is 5.41. The molecule has 0 amide bonds. The van der Waals surface area contributed by atoms with E-state index in [-0.39, 0.29) is 17.7 Å². The molecule has 0 radical (unpaired) electrons. The van der Waals surface area contributed by atoms with E-state index < -0.39 is 17.8 Å². The molecule has 4 rings (SSSR count). The molecule has 0 bridgehead atoms. The second-order valence-corrected chi connectivity index (χ2v) is 10.6. The van der Waals surface area contributed by atoms with Gasteiger partial charge in [0.25, 0.3) is 0 Å². The maximum atomic E-state index is 14.8. The van der Waals surface area contributed by atoms with E-state index in [1.165, 1.54) is 18.7 Å². The zero-order chi connectivity index (χ0) is 27.2. The van der Waals surface area contributed by atoms with E-state index in [0.29, 0.717) is 31.9 Å². The van der Waals surface area contributed by atoms with Gasteiger partial charge >= 0.3 is 5.97 Å². The normalized spacial score (nSPS) is 18.4. The molecule has 0 aliphatic carbocycles. The van der Waals surface area contributed by atoms with Crippen LogP contribution in [0.5, 0.6) is 5.75 Å². The standard InChI is InChI=1S/C29H41FN4O4/c1-19(2)21-16-24(27(37-4)25(30)17-21)26(29(35)36)34-12-9-23(18-34)33(3)13-15-38-14-10-22-8-7-20-6-5-11-31-28(20)32-22/h7-8,16-17,19,23,26H,5-6,9-15,18H2,1-4H3,(H,31,32)(H,35,36)/t23-,26+/m1/s1. The van der Waals surface area contributed by atoms with Crippen LogP contribution in [0, 0.1) is 5.82 Å². The molecule has 2 atom stereocenters. The smallest absolute Gasteiger partial charge is 0.325 e. The number of ether oxygens (including phenoxy) is 2. The molecule has 2 aliphatic heterocycles. The minimum absolute atomic E-state index is 0.0104. The van der Waals surface area contributed by atoms with Gasteiger partial charge in [-0.25, -0.2) is 9.37 Å². The third-order valence-electron chi connectivity index (χ3n) is 7.72. The Bertz CT molecular complexity index is 1110. The van der Waals surface area contributed by atoms with Crippen LogP contribution in [0.15, 0.2) is 24.3 Å². The highest BCUT2D eigenvalue weighted by Crippen LogP contribution is 2.37. The Balaban J connectivity index is 1.29. The first-order chi connectivity index (χ1) is 18.3. The maximum absolute atomic E-state index is 14.8. The molecule has 9 heteroatoms. The van der Waals surface area contributed by atoms with Gasteiger partial charge in [0.15, 0.2) is 11.6 Å². The molecular formula is C29H41FN4O4. The number of hydrogen-bond acceptors (Lipinski definition) is 7. The third-order valence-corrected chi connectivity index (χ3v) is 7.72. The van der Waals surface area contributed by atoms with Gasteiger partial charge in [0.05, 0.1) is 20.3 Å². The molecule has 3 heterocycles. The largest absolute Gasteiger partial charge is 0.493 e. The lowest BCUT2D eigenvalue weighted by molar-refractivity contribution is -0.143. The number of likely N-dealkylation sites (tertiary alicyclic amines) is 1. The van der Waals surface area contributed by atoms with Crippen LogP contribution in [0.1, 0.15) is 61.0 Å². The van der Waals surface area contributed by atoms with E-state index in [2.05, 4.69) is 22.3 Å². The summed E-state index contributed by atoms with van der Waals surface area (Å²) in [5, 5.41) is 13.5. The van der Waals surface area contributed by atoms with Gasteiger partial charge < -0.3 is 19.9 Å². The van der Waals surface area contributed by atoms with Crippen molar-refractivity contribution in [3.63, 3.8) is 0 Å². The predicted molar refractivity (Wildman–Crippen MR) is 146 cm³/mol. The second-order valence-electron chi connectivity index (χ2n) is 10.6. The zero-order valence-corrected chi connectivity index (χ0v) is 23.0. The van der Waals surface area contributed by atoms with Crippen LogP contribution in [0.25, 0.3) is 0 Å². The Morgan fingerprint density at radius 3 is 2.87 bits per heavy atom. The van der Waals surface area contributed by atoms with Gasteiger partial charge in [0, 0.05) is 49.9 Å². The number of halogens is 1. The zero-order valence-electron chi connectivity index (χ0n) is 23.0. The number of benzene rings is 1. The van der Waals surface area contributed by atoms with Gasteiger partial charge in [-0.2, -0.15) is 0 Å². The molecule has 208 valence electrons. The Morgan fingerprint density at radius 1 is 1.32 bits per heavy atom. The lowest BCUT2D eigenvalue weighted by Gasteiger charge is -2.29. The average Bonchev–Trinajstić information content (AvgIpc) is 3.37. The SMILES string of the molecule is COc1c(F)cc(C(C)C)cc1[C@@H](C(=O)O)N1CC[C@@H](N(C)CCOCCc2ccc3c(n2)NCCC3)C1. The van der Waals surface area contributed by atoms with E-state index in [4.69, 9.17) is 14.5 Å². The quantitative estimate of drug-likeness (QED) is 0.398. The molecule has 0 spiro atoms. The summed E-state index contributed by atoms with van der Waals surface area (Å²) in [6, 6.07) is 6.70. The number of rotatable bonds is 12. The summed E-state index contributed by atoms with van der Waals surface area (Å²) in [5.74, 6) is -0.430. The molecule has 2 N–H and O–H groups in total. The van der Waals surface area contributed by atoms with E-state index in [1.54, 1.807) is 6.07 Å². The number of nitrogens with one attached hydrogen (secondary N) is 1. The summed E-state index contributed by atoms with van der Waals surface area (Å²) in [6.07, 6.45) is 3.84. The van der Waals surface area contributed by atoms with Gasteiger partial charge in [0.1, 0.15) is 11.9 Å². The van der Waals surface area contributed by atoms with Gasteiger partial charge in [-0.05, 0) is 61.6 Å². The van der Waals surface area contributed by atoms with Crippen molar-refractivity contribution in [3.8, 4) is 5.75 Å². The monoisotopic (exact) mass is 528 g/mol. The number of aliphatic carboxylic acids is 1. The Hall–Kier alpha value is -2.75. The van der Waals surface area contributed by atoms with Crippen molar-refractivity contribution < 1.29 is 23.8 Å². The molecule has 0 saturated carbocycles. The summed E-state index contributed by atoms with van der Waals surface area (Å²) >= 11 is 0. The molecular weight excluding hydrogens is 487 g/mol. The molecule has 2 aliphatic rings. The minimum Gasteiger partial charge on any atom is -0.493 e. The summed E-state index contributed by atoms with van der Waals surface area (Å²) in [6.45, 7) is 8.04. The second kappa shape index (κ2) is 12.9. The number of methoxy groups -OCH3 is 1. The number of pyridine rings is 1. The number of aromatic nitrogens is 1. The van der Waals surface area contributed by atoms with Crippen molar-refractivity contribution >= 4 is 11.8 Å². The lowest BCUT2D eigenvalue weighted by atomic mass is 9.95.